The average molecular weight is 440 g/mol. The summed E-state index contributed by atoms with van der Waals surface area (Å²) in [6.07, 6.45) is 1.98. The van der Waals surface area contributed by atoms with Crippen LogP contribution in [0.25, 0.3) is 16.6 Å². The van der Waals surface area contributed by atoms with E-state index >= 15 is 0 Å². The molecular weight excluding hydrogens is 420 g/mol. The summed E-state index contributed by atoms with van der Waals surface area (Å²) in [5.41, 5.74) is 0.857. The van der Waals surface area contributed by atoms with Crippen molar-refractivity contribution in [1.82, 2.24) is 14.9 Å². The predicted molar refractivity (Wildman–Crippen MR) is 125 cm³/mol. The number of rotatable bonds is 5. The quantitative estimate of drug-likeness (QED) is 0.443. The Balaban J connectivity index is 1.42. The van der Waals surface area contributed by atoms with Gasteiger partial charge in [0.15, 0.2) is 0 Å². The highest BCUT2D eigenvalue weighted by Crippen LogP contribution is 2.20. The van der Waals surface area contributed by atoms with E-state index in [1.54, 1.807) is 54.6 Å². The number of hydrogen-bond donors (Lipinski definition) is 3. The van der Waals surface area contributed by atoms with E-state index in [1.807, 2.05) is 0 Å². The number of carbonyl (C=O) groups is 2. The summed E-state index contributed by atoms with van der Waals surface area (Å²) in [5.74, 6) is -0.601. The second-order valence-corrected chi connectivity index (χ2v) is 7.95. The van der Waals surface area contributed by atoms with E-state index in [1.165, 1.54) is 18.2 Å². The highest BCUT2D eigenvalue weighted by atomic mass is 16.2. The van der Waals surface area contributed by atoms with Gasteiger partial charge in [0.1, 0.15) is 0 Å². The van der Waals surface area contributed by atoms with Crippen LogP contribution in [0.4, 0.5) is 5.69 Å². The van der Waals surface area contributed by atoms with Gasteiger partial charge in [0.05, 0.1) is 16.6 Å². The fraction of sp³-hybridized carbons (Fsp3) is 0.120. The lowest BCUT2D eigenvalue weighted by Crippen LogP contribution is -2.33. The first-order valence-corrected chi connectivity index (χ1v) is 10.6. The normalized spacial score (nSPS) is 13.0. The molecule has 0 spiro atoms. The van der Waals surface area contributed by atoms with Gasteiger partial charge < -0.3 is 15.6 Å². The summed E-state index contributed by atoms with van der Waals surface area (Å²) in [6.45, 7) is 0. The molecular formula is C25H20N4O4. The second-order valence-electron chi connectivity index (χ2n) is 7.95. The van der Waals surface area contributed by atoms with Crippen molar-refractivity contribution in [3.05, 3.63) is 105 Å². The molecule has 1 aliphatic rings. The maximum absolute atomic E-state index is 12.9. The first-order valence-electron chi connectivity index (χ1n) is 10.6. The zero-order valence-corrected chi connectivity index (χ0v) is 17.5. The van der Waals surface area contributed by atoms with E-state index in [-0.39, 0.29) is 28.4 Å². The van der Waals surface area contributed by atoms with Crippen LogP contribution >= 0.6 is 0 Å². The van der Waals surface area contributed by atoms with E-state index in [9.17, 15) is 19.2 Å². The zero-order chi connectivity index (χ0) is 22.9. The fourth-order valence-electron chi connectivity index (χ4n) is 3.61. The molecule has 0 bridgehead atoms. The van der Waals surface area contributed by atoms with Crippen LogP contribution in [-0.4, -0.2) is 27.4 Å². The van der Waals surface area contributed by atoms with Crippen molar-refractivity contribution in [1.29, 1.82) is 0 Å². The number of hydrogen-bond acceptors (Lipinski definition) is 4. The Morgan fingerprint density at radius 3 is 2.36 bits per heavy atom. The molecule has 0 unspecified atom stereocenters. The molecule has 1 heterocycles. The number of benzene rings is 3. The number of aromatic nitrogens is 2. The van der Waals surface area contributed by atoms with Crippen LogP contribution in [-0.2, 0) is 0 Å². The van der Waals surface area contributed by atoms with E-state index in [4.69, 9.17) is 0 Å². The first kappa shape index (κ1) is 20.4. The van der Waals surface area contributed by atoms with E-state index in [2.05, 4.69) is 15.6 Å². The van der Waals surface area contributed by atoms with Crippen molar-refractivity contribution in [3.8, 4) is 5.69 Å². The Hall–Kier alpha value is -4.46. The molecule has 3 aromatic carbocycles. The number of anilines is 1. The number of amides is 2. The van der Waals surface area contributed by atoms with Gasteiger partial charge in [-0.15, -0.1) is 0 Å². The third-order valence-corrected chi connectivity index (χ3v) is 5.47. The van der Waals surface area contributed by atoms with Crippen LogP contribution in [0.2, 0.25) is 0 Å². The first-order chi connectivity index (χ1) is 16.0. The third-order valence-electron chi connectivity index (χ3n) is 5.47. The molecule has 1 saturated carbocycles. The van der Waals surface area contributed by atoms with E-state index < -0.39 is 17.2 Å². The Kier molecular flexibility index (Phi) is 5.10. The van der Waals surface area contributed by atoms with Crippen LogP contribution in [0.1, 0.15) is 33.6 Å². The maximum atomic E-state index is 12.9. The number of fused-ring (bicyclic) bond motifs is 1. The predicted octanol–water partition coefficient (Wildman–Crippen LogP) is 2.82. The van der Waals surface area contributed by atoms with Crippen molar-refractivity contribution in [2.45, 2.75) is 18.9 Å². The molecule has 2 amide bonds. The summed E-state index contributed by atoms with van der Waals surface area (Å²) < 4.78 is 1.06. The topological polar surface area (TPSA) is 113 Å². The standard InChI is InChI=1S/C25H20N4O4/c30-22(26-17-10-11-17)15-5-4-6-18(13-15)27-23(31)16-9-12-20-21(14-16)28-25(33)29(24(20)32)19-7-2-1-3-8-19/h1-9,12-14,17H,10-11H2,(H,26,30)(H,27,31)(H,28,33). The summed E-state index contributed by atoms with van der Waals surface area (Å²) in [6, 6.07) is 20.0. The van der Waals surface area contributed by atoms with Crippen LogP contribution in [0, 0.1) is 0 Å². The Labute approximate surface area is 187 Å². The molecule has 0 atom stereocenters. The Bertz CT molecular complexity index is 1500. The van der Waals surface area contributed by atoms with Gasteiger partial charge in [-0.05, 0) is 61.4 Å². The van der Waals surface area contributed by atoms with Crippen molar-refractivity contribution in [3.63, 3.8) is 0 Å². The van der Waals surface area contributed by atoms with Gasteiger partial charge in [0.25, 0.3) is 17.4 Å². The number of nitrogens with one attached hydrogen (secondary N) is 3. The van der Waals surface area contributed by atoms with Gasteiger partial charge in [-0.1, -0.05) is 24.3 Å². The Morgan fingerprint density at radius 1 is 0.848 bits per heavy atom. The minimum absolute atomic E-state index is 0.174. The zero-order valence-electron chi connectivity index (χ0n) is 17.5. The highest BCUT2D eigenvalue weighted by molar-refractivity contribution is 6.06. The van der Waals surface area contributed by atoms with E-state index in [0.29, 0.717) is 16.9 Å². The second kappa shape index (κ2) is 8.23. The van der Waals surface area contributed by atoms with Crippen LogP contribution in [0.5, 0.6) is 0 Å². The molecule has 8 heteroatoms. The van der Waals surface area contributed by atoms with Gasteiger partial charge in [-0.25, -0.2) is 9.36 Å². The molecule has 1 aliphatic carbocycles. The molecule has 164 valence electrons. The van der Waals surface area contributed by atoms with Gasteiger partial charge in [-0.3, -0.25) is 14.4 Å². The molecule has 4 aromatic rings. The van der Waals surface area contributed by atoms with Crippen molar-refractivity contribution < 1.29 is 9.59 Å². The minimum atomic E-state index is -0.592. The van der Waals surface area contributed by atoms with Crippen molar-refractivity contribution in [2.24, 2.45) is 0 Å². The van der Waals surface area contributed by atoms with Gasteiger partial charge >= 0.3 is 5.69 Å². The van der Waals surface area contributed by atoms with E-state index in [0.717, 1.165) is 17.4 Å². The number of carbonyl (C=O) groups excluding carboxylic acids is 2. The monoisotopic (exact) mass is 440 g/mol. The lowest BCUT2D eigenvalue weighted by atomic mass is 10.1. The highest BCUT2D eigenvalue weighted by Gasteiger charge is 2.24. The molecule has 0 radical (unpaired) electrons. The van der Waals surface area contributed by atoms with Crippen LogP contribution in [0.15, 0.2) is 82.4 Å². The molecule has 0 saturated heterocycles. The molecule has 1 aromatic heterocycles. The van der Waals surface area contributed by atoms with Crippen LogP contribution in [0.3, 0.4) is 0 Å². The third kappa shape index (κ3) is 4.18. The fourth-order valence-corrected chi connectivity index (χ4v) is 3.61. The van der Waals surface area contributed by atoms with Gasteiger partial charge in [0, 0.05) is 22.9 Å². The average Bonchev–Trinajstić information content (AvgIpc) is 3.63. The molecule has 5 rings (SSSR count). The van der Waals surface area contributed by atoms with Crippen molar-refractivity contribution in [2.75, 3.05) is 5.32 Å². The maximum Gasteiger partial charge on any atom is 0.333 e. The largest absolute Gasteiger partial charge is 0.349 e. The molecule has 8 nitrogen and oxygen atoms in total. The van der Waals surface area contributed by atoms with Crippen molar-refractivity contribution >= 4 is 28.4 Å². The summed E-state index contributed by atoms with van der Waals surface area (Å²) in [5, 5.41) is 5.96. The summed E-state index contributed by atoms with van der Waals surface area (Å²) in [4.78, 5) is 53.2. The number of nitrogens with zero attached hydrogens (tertiary/aromatic N) is 1. The molecule has 1 fully saturated rings. The Morgan fingerprint density at radius 2 is 1.61 bits per heavy atom. The van der Waals surface area contributed by atoms with Gasteiger partial charge in [0.2, 0.25) is 0 Å². The molecule has 3 N–H and O–H groups in total. The molecule has 33 heavy (non-hydrogen) atoms. The SMILES string of the molecule is O=C(Nc1cccc(C(=O)NC2CC2)c1)c1ccc2c(=O)n(-c3ccccc3)c(=O)[nH]c2c1. The molecule has 0 aliphatic heterocycles. The number of aromatic amines is 1. The number of H-pyrrole nitrogens is 1. The van der Waals surface area contributed by atoms with Crippen LogP contribution < -0.4 is 21.9 Å². The van der Waals surface area contributed by atoms with Gasteiger partial charge in [-0.2, -0.15) is 0 Å². The summed E-state index contributed by atoms with van der Waals surface area (Å²) >= 11 is 0. The minimum Gasteiger partial charge on any atom is -0.349 e. The number of para-hydroxylation sites is 1. The lowest BCUT2D eigenvalue weighted by molar-refractivity contribution is 0.0949. The summed E-state index contributed by atoms with van der Waals surface area (Å²) in [7, 11) is 0. The smallest absolute Gasteiger partial charge is 0.333 e. The lowest BCUT2D eigenvalue weighted by Gasteiger charge is -2.09.